The van der Waals surface area contributed by atoms with Crippen LogP contribution in [0, 0.1) is 23.2 Å². The molecule has 0 bridgehead atoms. The number of carbonyl (C=O) groups excluding carboxylic acids is 8. The molecule has 13 N–H and O–H groups in total. The standard InChI is InChI=1S/C46H72N12O11/c1-8-26(5)37(43(66)54-33(21-29-22-49-24-51-29)44(67)58-19-11-13-34(58)41(64)57-38(27(6)9-2)45(68)69-7)56-40(63)32(20-28-14-16-30(60)17-15-28)53-42(65)36(25(3)4)55-39(62)31(52-35(61)23-59)12-10-18-50-46(47)48/h14-17,22,24-27,31-34,36-38,59-60H,8-13,18-21,23H2,1-7H3,(H,49,51)(H,52,61)(H,53,65)(H,54,66)(H,55,62)(H,56,63)(H,57,64)(H4,47,48,50)/t26-,27-,31-,32-,33-,34-,36-,37-,38-/m0/s1. The summed E-state index contributed by atoms with van der Waals surface area (Å²) in [6.45, 7) is 10.0. The molecule has 23 heteroatoms. The molecule has 1 saturated heterocycles. The molecule has 0 aliphatic carbocycles. The molecular formula is C46H72N12O11. The van der Waals surface area contributed by atoms with Crippen LogP contribution in [-0.2, 0) is 55.9 Å². The van der Waals surface area contributed by atoms with E-state index >= 15 is 0 Å². The van der Waals surface area contributed by atoms with Gasteiger partial charge in [-0.15, -0.1) is 0 Å². The third kappa shape index (κ3) is 17.4. The average Bonchev–Trinajstić information content (AvgIpc) is 4.04. The number of guanidine groups is 1. The number of hydrogen-bond donors (Lipinski definition) is 12. The molecule has 69 heavy (non-hydrogen) atoms. The highest BCUT2D eigenvalue weighted by atomic mass is 16.5. The lowest BCUT2D eigenvalue weighted by Gasteiger charge is -2.32. The second-order valence-corrected chi connectivity index (χ2v) is 17.7. The molecular weight excluding hydrogens is 897 g/mol. The lowest BCUT2D eigenvalue weighted by Crippen LogP contribution is -2.62. The minimum absolute atomic E-state index is 0.0453. The van der Waals surface area contributed by atoms with Crippen LogP contribution >= 0.6 is 0 Å². The van der Waals surface area contributed by atoms with Gasteiger partial charge < -0.3 is 67.8 Å². The number of aliphatic hydroxyl groups excluding tert-OH is 1. The second kappa shape index (κ2) is 27.9. The van der Waals surface area contributed by atoms with Gasteiger partial charge in [0, 0.05) is 32.1 Å². The van der Waals surface area contributed by atoms with Crippen molar-refractivity contribution >= 4 is 53.3 Å². The lowest BCUT2D eigenvalue weighted by molar-refractivity contribution is -0.148. The van der Waals surface area contributed by atoms with E-state index in [1.54, 1.807) is 52.9 Å². The molecule has 0 unspecified atom stereocenters. The fourth-order valence-electron chi connectivity index (χ4n) is 7.74. The van der Waals surface area contributed by atoms with Gasteiger partial charge in [0.1, 0.15) is 54.6 Å². The number of likely N-dealkylation sites (tertiary alicyclic amines) is 1. The van der Waals surface area contributed by atoms with Crippen LogP contribution in [0.2, 0.25) is 0 Å². The number of aliphatic hydroxyl groups is 1. The summed E-state index contributed by atoms with van der Waals surface area (Å²) in [4.78, 5) is 118. The predicted molar refractivity (Wildman–Crippen MR) is 252 cm³/mol. The van der Waals surface area contributed by atoms with Crippen LogP contribution in [0.25, 0.3) is 0 Å². The number of ether oxygens (including phenoxy) is 1. The summed E-state index contributed by atoms with van der Waals surface area (Å²) >= 11 is 0. The van der Waals surface area contributed by atoms with Crippen LogP contribution in [0.4, 0.5) is 0 Å². The van der Waals surface area contributed by atoms with E-state index < -0.39 is 108 Å². The zero-order valence-electron chi connectivity index (χ0n) is 40.6. The van der Waals surface area contributed by atoms with Crippen molar-refractivity contribution in [2.75, 3.05) is 26.8 Å². The molecule has 2 heterocycles. The van der Waals surface area contributed by atoms with E-state index in [2.05, 4.69) is 47.2 Å². The zero-order chi connectivity index (χ0) is 51.4. The van der Waals surface area contributed by atoms with Crippen molar-refractivity contribution in [1.82, 2.24) is 52.1 Å². The van der Waals surface area contributed by atoms with Crippen LogP contribution in [0.5, 0.6) is 5.75 Å². The third-order valence-corrected chi connectivity index (χ3v) is 12.2. The van der Waals surface area contributed by atoms with Gasteiger partial charge in [0.15, 0.2) is 5.96 Å². The maximum absolute atomic E-state index is 14.5. The molecule has 0 radical (unpaired) electrons. The summed E-state index contributed by atoms with van der Waals surface area (Å²) in [5.41, 5.74) is 6.29. The molecule has 23 nitrogen and oxygen atoms in total. The topological polar surface area (TPSA) is 352 Å². The molecule has 9 atom stereocenters. The van der Waals surface area contributed by atoms with Crippen molar-refractivity contribution in [2.24, 2.45) is 23.5 Å². The Bertz CT molecular complexity index is 2050. The fourth-order valence-corrected chi connectivity index (χ4v) is 7.74. The van der Waals surface area contributed by atoms with Crippen LogP contribution < -0.4 is 43.0 Å². The highest BCUT2D eigenvalue weighted by Gasteiger charge is 2.41. The van der Waals surface area contributed by atoms with E-state index in [1.807, 2.05) is 6.92 Å². The van der Waals surface area contributed by atoms with Crippen LogP contribution in [0.1, 0.15) is 91.3 Å². The number of aromatic hydroxyl groups is 1. The predicted octanol–water partition coefficient (Wildman–Crippen LogP) is -1.02. The van der Waals surface area contributed by atoms with Crippen LogP contribution in [0.15, 0.2) is 36.8 Å². The molecule has 1 aliphatic heterocycles. The Morgan fingerprint density at radius 3 is 2.01 bits per heavy atom. The van der Waals surface area contributed by atoms with Crippen molar-refractivity contribution < 1.29 is 53.3 Å². The molecule has 0 saturated carbocycles. The van der Waals surface area contributed by atoms with Gasteiger partial charge in [-0.05, 0) is 61.1 Å². The molecule has 1 aromatic carbocycles. The van der Waals surface area contributed by atoms with Gasteiger partial charge in [0.05, 0.1) is 19.1 Å². The van der Waals surface area contributed by atoms with Gasteiger partial charge >= 0.3 is 5.97 Å². The molecule has 3 rings (SSSR count). The third-order valence-electron chi connectivity index (χ3n) is 12.2. The summed E-state index contributed by atoms with van der Waals surface area (Å²) < 4.78 is 4.94. The first-order chi connectivity index (χ1) is 32.7. The molecule has 0 spiro atoms. The van der Waals surface area contributed by atoms with E-state index in [4.69, 9.17) is 15.9 Å². The maximum atomic E-state index is 14.5. The number of hydrogen-bond acceptors (Lipinski definition) is 13. The van der Waals surface area contributed by atoms with Crippen molar-refractivity contribution in [1.29, 1.82) is 5.41 Å². The molecule has 1 fully saturated rings. The first-order valence-electron chi connectivity index (χ1n) is 23.4. The summed E-state index contributed by atoms with van der Waals surface area (Å²) in [6.07, 6.45) is 4.81. The first-order valence-corrected chi connectivity index (χ1v) is 23.4. The number of benzene rings is 1. The molecule has 2 aromatic rings. The SMILES string of the molecule is CC[C@H](C)[C@H](NC(=O)[C@H](Cc1ccc(O)cc1)NC(=O)[C@@H](NC(=O)[C@H](CCCNC(=N)N)NC(=O)CO)C(C)C)C(=O)N[C@@H](Cc1c[nH]cn1)C(=O)N1CCC[C@H]1C(=O)N[C@H](C(=O)OC)[C@@H](C)CC. The zero-order valence-corrected chi connectivity index (χ0v) is 40.6. The van der Waals surface area contributed by atoms with Gasteiger partial charge in [-0.2, -0.15) is 0 Å². The Morgan fingerprint density at radius 1 is 0.826 bits per heavy atom. The minimum Gasteiger partial charge on any atom is -0.508 e. The summed E-state index contributed by atoms with van der Waals surface area (Å²) in [5, 5.41) is 45.5. The van der Waals surface area contributed by atoms with Gasteiger partial charge in [-0.25, -0.2) is 9.78 Å². The number of H-pyrrole nitrogens is 1. The largest absolute Gasteiger partial charge is 0.508 e. The summed E-state index contributed by atoms with van der Waals surface area (Å²) in [5.74, 6) is -7.30. The van der Waals surface area contributed by atoms with Crippen molar-refractivity contribution in [3.63, 3.8) is 0 Å². The number of esters is 1. The van der Waals surface area contributed by atoms with Crippen molar-refractivity contribution in [3.8, 4) is 5.75 Å². The monoisotopic (exact) mass is 969 g/mol. The quantitative estimate of drug-likeness (QED) is 0.0221. The summed E-state index contributed by atoms with van der Waals surface area (Å²) in [6, 6.07) is -2.33. The van der Waals surface area contributed by atoms with Gasteiger partial charge in [-0.3, -0.25) is 39.0 Å². The number of aromatic nitrogens is 2. The van der Waals surface area contributed by atoms with Gasteiger partial charge in [0.2, 0.25) is 41.4 Å². The number of phenols is 1. The number of nitrogens with two attached hydrogens (primary N) is 1. The Kier molecular flexibility index (Phi) is 22.9. The van der Waals surface area contributed by atoms with E-state index in [9.17, 15) is 48.6 Å². The van der Waals surface area contributed by atoms with E-state index in [-0.39, 0.29) is 56.4 Å². The molecule has 382 valence electrons. The van der Waals surface area contributed by atoms with Crippen molar-refractivity contribution in [3.05, 3.63) is 48.0 Å². The number of nitrogens with zero attached hydrogens (tertiary/aromatic N) is 2. The normalized spacial score (nSPS) is 16.8. The fraction of sp³-hybridized carbons (Fsp3) is 0.609. The molecule has 1 aromatic heterocycles. The van der Waals surface area contributed by atoms with Crippen LogP contribution in [-0.4, -0.2) is 147 Å². The first kappa shape index (κ1) is 56.5. The van der Waals surface area contributed by atoms with E-state index in [0.29, 0.717) is 36.9 Å². The number of amides is 7. The molecule has 7 amide bonds. The van der Waals surface area contributed by atoms with E-state index in [0.717, 1.165) is 0 Å². The minimum atomic E-state index is -1.36. The number of imidazole rings is 1. The highest BCUT2D eigenvalue weighted by molar-refractivity contribution is 5.98. The van der Waals surface area contributed by atoms with Gasteiger partial charge in [-0.1, -0.05) is 66.5 Å². The highest BCUT2D eigenvalue weighted by Crippen LogP contribution is 2.22. The molecule has 1 aliphatic rings. The lowest BCUT2D eigenvalue weighted by atomic mass is 9.96. The number of rotatable bonds is 27. The Hall–Kier alpha value is -6.78. The Labute approximate surface area is 402 Å². The smallest absolute Gasteiger partial charge is 0.328 e. The number of phenolic OH excluding ortho intramolecular Hbond substituents is 1. The Balaban J connectivity index is 1.92. The number of aromatic amines is 1. The van der Waals surface area contributed by atoms with E-state index in [1.165, 1.54) is 30.5 Å². The number of methoxy groups -OCH3 is 1. The maximum Gasteiger partial charge on any atom is 0.328 e. The van der Waals surface area contributed by atoms with Crippen molar-refractivity contribution in [2.45, 2.75) is 135 Å². The number of nitrogens with one attached hydrogen (secondary N) is 9. The van der Waals surface area contributed by atoms with Crippen LogP contribution in [0.3, 0.4) is 0 Å². The average molecular weight is 969 g/mol. The Morgan fingerprint density at radius 2 is 1.43 bits per heavy atom. The number of carbonyl (C=O) groups is 8. The second-order valence-electron chi connectivity index (χ2n) is 17.7. The summed E-state index contributed by atoms with van der Waals surface area (Å²) in [7, 11) is 1.23. The van der Waals surface area contributed by atoms with Gasteiger partial charge in [0.25, 0.3) is 0 Å².